The first-order valence-corrected chi connectivity index (χ1v) is 6.83. The molecule has 15 heavy (non-hydrogen) atoms. The van der Waals surface area contributed by atoms with Gasteiger partial charge < -0.3 is 10.4 Å². The lowest BCUT2D eigenvalue weighted by Crippen LogP contribution is -2.45. The average Bonchev–Trinajstić information content (AvgIpc) is 2.06. The van der Waals surface area contributed by atoms with Crippen molar-refractivity contribution in [1.82, 2.24) is 5.32 Å². The molecule has 0 heterocycles. The summed E-state index contributed by atoms with van der Waals surface area (Å²) in [5.74, 6) is 0. The number of hydrogen-bond donors (Lipinski definition) is 2. The molecule has 0 bridgehead atoms. The van der Waals surface area contributed by atoms with Gasteiger partial charge in [0.15, 0.2) is 9.84 Å². The molecule has 0 aromatic heterocycles. The van der Waals surface area contributed by atoms with E-state index in [-0.39, 0.29) is 6.04 Å². The fourth-order valence-electron chi connectivity index (χ4n) is 1.92. The zero-order valence-corrected chi connectivity index (χ0v) is 9.80. The Morgan fingerprint density at radius 3 is 2.20 bits per heavy atom. The van der Waals surface area contributed by atoms with Crippen molar-refractivity contribution in [2.24, 2.45) is 0 Å². The second kappa shape index (κ2) is 4.00. The number of amides is 1. The Labute approximate surface area is 89.8 Å². The molecule has 0 atom stereocenters. The molecule has 5 nitrogen and oxygen atoms in total. The molecule has 1 aliphatic carbocycles. The minimum absolute atomic E-state index is 0.0997. The van der Waals surface area contributed by atoms with E-state index >= 15 is 0 Å². The van der Waals surface area contributed by atoms with Gasteiger partial charge in [-0.25, -0.2) is 13.2 Å². The Bertz CT molecular complexity index is 341. The Morgan fingerprint density at radius 2 is 1.87 bits per heavy atom. The van der Waals surface area contributed by atoms with Gasteiger partial charge in [0.05, 0.1) is 4.75 Å². The van der Waals surface area contributed by atoms with E-state index in [2.05, 4.69) is 5.32 Å². The highest BCUT2D eigenvalue weighted by Crippen LogP contribution is 2.34. The molecule has 1 saturated carbocycles. The Kier molecular flexibility index (Phi) is 3.28. The maximum absolute atomic E-state index is 11.5. The molecule has 1 rings (SSSR count). The molecule has 6 heteroatoms. The molecule has 1 aliphatic rings. The third kappa shape index (κ3) is 2.84. The van der Waals surface area contributed by atoms with E-state index in [0.717, 1.165) is 0 Å². The minimum Gasteiger partial charge on any atom is -0.465 e. The molecule has 0 saturated heterocycles. The summed E-state index contributed by atoms with van der Waals surface area (Å²) in [6.45, 7) is 1.74. The van der Waals surface area contributed by atoms with E-state index in [1.807, 2.05) is 0 Å². The van der Waals surface area contributed by atoms with Gasteiger partial charge in [0.25, 0.3) is 0 Å². The van der Waals surface area contributed by atoms with Crippen molar-refractivity contribution >= 4 is 15.9 Å². The van der Waals surface area contributed by atoms with Crippen LogP contribution in [0.2, 0.25) is 0 Å². The summed E-state index contributed by atoms with van der Waals surface area (Å²) in [7, 11) is -3.05. The summed E-state index contributed by atoms with van der Waals surface area (Å²) in [5, 5.41) is 10.9. The molecule has 0 spiro atoms. The lowest BCUT2D eigenvalue weighted by molar-refractivity contribution is 0.184. The van der Waals surface area contributed by atoms with Crippen LogP contribution in [0.5, 0.6) is 0 Å². The molecule has 0 radical (unpaired) electrons. The molecule has 0 aliphatic heterocycles. The fourth-order valence-corrected chi connectivity index (χ4v) is 2.90. The third-order valence-electron chi connectivity index (χ3n) is 3.27. The first-order chi connectivity index (χ1) is 6.74. The van der Waals surface area contributed by atoms with E-state index in [9.17, 15) is 13.2 Å². The molecular weight excluding hydrogens is 218 g/mol. The maximum atomic E-state index is 11.5. The monoisotopic (exact) mass is 235 g/mol. The van der Waals surface area contributed by atoms with Crippen molar-refractivity contribution < 1.29 is 18.3 Å². The van der Waals surface area contributed by atoms with E-state index in [1.165, 1.54) is 6.26 Å². The zero-order chi connectivity index (χ0) is 11.7. The first-order valence-electron chi connectivity index (χ1n) is 4.94. The largest absolute Gasteiger partial charge is 0.465 e. The van der Waals surface area contributed by atoms with Gasteiger partial charge in [0, 0.05) is 12.3 Å². The summed E-state index contributed by atoms with van der Waals surface area (Å²) in [4.78, 5) is 10.4. The molecule has 0 aromatic rings. The van der Waals surface area contributed by atoms with E-state index in [1.54, 1.807) is 6.92 Å². The predicted octanol–water partition coefficient (Wildman–Crippen LogP) is 1.000. The number of carboxylic acid groups (broad SMARTS) is 1. The number of carbonyl (C=O) groups is 1. The fraction of sp³-hybridized carbons (Fsp3) is 0.889. The van der Waals surface area contributed by atoms with Gasteiger partial charge in [-0.1, -0.05) is 0 Å². The molecule has 2 N–H and O–H groups in total. The van der Waals surface area contributed by atoms with Crippen LogP contribution in [0.3, 0.4) is 0 Å². The SMILES string of the molecule is CC1(S(C)(=O)=O)CCC(NC(=O)O)CC1. The van der Waals surface area contributed by atoms with Gasteiger partial charge in [-0.15, -0.1) is 0 Å². The highest BCUT2D eigenvalue weighted by Gasteiger charge is 2.39. The maximum Gasteiger partial charge on any atom is 0.404 e. The molecule has 88 valence electrons. The number of hydrogen-bond acceptors (Lipinski definition) is 3. The topological polar surface area (TPSA) is 83.5 Å². The van der Waals surface area contributed by atoms with Gasteiger partial charge in [-0.2, -0.15) is 0 Å². The van der Waals surface area contributed by atoms with E-state index in [0.29, 0.717) is 25.7 Å². The van der Waals surface area contributed by atoms with Gasteiger partial charge in [-0.3, -0.25) is 0 Å². The van der Waals surface area contributed by atoms with E-state index < -0.39 is 20.7 Å². The summed E-state index contributed by atoms with van der Waals surface area (Å²) in [5.41, 5.74) is 0. The van der Waals surface area contributed by atoms with E-state index in [4.69, 9.17) is 5.11 Å². The van der Waals surface area contributed by atoms with Crippen molar-refractivity contribution in [1.29, 1.82) is 0 Å². The van der Waals surface area contributed by atoms with Gasteiger partial charge in [-0.05, 0) is 32.6 Å². The summed E-state index contributed by atoms with van der Waals surface area (Å²) in [6, 6.07) is -0.0997. The summed E-state index contributed by atoms with van der Waals surface area (Å²) < 4.78 is 22.3. The lowest BCUT2D eigenvalue weighted by Gasteiger charge is -2.35. The van der Waals surface area contributed by atoms with Crippen molar-refractivity contribution in [2.75, 3.05) is 6.26 Å². The minimum atomic E-state index is -3.05. The quantitative estimate of drug-likeness (QED) is 0.748. The number of nitrogens with one attached hydrogen (secondary N) is 1. The molecule has 0 unspecified atom stereocenters. The van der Waals surface area contributed by atoms with Crippen LogP contribution in [-0.4, -0.2) is 36.7 Å². The Balaban J connectivity index is 2.59. The van der Waals surface area contributed by atoms with Gasteiger partial charge in [0.1, 0.15) is 0 Å². The van der Waals surface area contributed by atoms with Crippen molar-refractivity contribution in [2.45, 2.75) is 43.4 Å². The van der Waals surface area contributed by atoms with Crippen molar-refractivity contribution in [3.63, 3.8) is 0 Å². The van der Waals surface area contributed by atoms with Crippen LogP contribution in [0.4, 0.5) is 4.79 Å². The average molecular weight is 235 g/mol. The van der Waals surface area contributed by atoms with Crippen molar-refractivity contribution in [3.8, 4) is 0 Å². The van der Waals surface area contributed by atoms with Crippen LogP contribution >= 0.6 is 0 Å². The summed E-state index contributed by atoms with van der Waals surface area (Å²) >= 11 is 0. The van der Waals surface area contributed by atoms with Crippen LogP contribution < -0.4 is 5.32 Å². The first kappa shape index (κ1) is 12.3. The Morgan fingerprint density at radius 1 is 1.40 bits per heavy atom. The third-order valence-corrected chi connectivity index (χ3v) is 5.46. The van der Waals surface area contributed by atoms with Crippen LogP contribution in [0, 0.1) is 0 Å². The predicted molar refractivity (Wildman–Crippen MR) is 56.7 cm³/mol. The lowest BCUT2D eigenvalue weighted by atomic mass is 9.86. The Hall–Kier alpha value is -0.780. The molecular formula is C9H17NO4S. The smallest absolute Gasteiger partial charge is 0.404 e. The molecule has 1 amide bonds. The normalized spacial score (nSPS) is 32.3. The standard InChI is InChI=1S/C9H17NO4S/c1-9(15(2,13)14)5-3-7(4-6-9)10-8(11)12/h7,10H,3-6H2,1-2H3,(H,11,12). The second-order valence-corrected chi connectivity index (χ2v) is 6.98. The van der Waals surface area contributed by atoms with Crippen LogP contribution in [0.15, 0.2) is 0 Å². The molecule has 0 aromatic carbocycles. The highest BCUT2D eigenvalue weighted by molar-refractivity contribution is 7.92. The van der Waals surface area contributed by atoms with Crippen LogP contribution in [0.25, 0.3) is 0 Å². The highest BCUT2D eigenvalue weighted by atomic mass is 32.2. The zero-order valence-electron chi connectivity index (χ0n) is 8.99. The van der Waals surface area contributed by atoms with Crippen LogP contribution in [0.1, 0.15) is 32.6 Å². The van der Waals surface area contributed by atoms with Gasteiger partial charge >= 0.3 is 6.09 Å². The van der Waals surface area contributed by atoms with Gasteiger partial charge in [0.2, 0.25) is 0 Å². The second-order valence-electron chi connectivity index (χ2n) is 4.45. The number of sulfone groups is 1. The van der Waals surface area contributed by atoms with Crippen LogP contribution in [-0.2, 0) is 9.84 Å². The molecule has 1 fully saturated rings. The van der Waals surface area contributed by atoms with Crippen molar-refractivity contribution in [3.05, 3.63) is 0 Å². The summed E-state index contributed by atoms with van der Waals surface area (Å²) in [6.07, 6.45) is 2.44. The number of rotatable bonds is 2.